The summed E-state index contributed by atoms with van der Waals surface area (Å²) in [6, 6.07) is 0. The Bertz CT molecular complexity index is 6.85. The van der Waals surface area contributed by atoms with E-state index in [0.717, 1.165) is 0 Å². The minimum atomic E-state index is 0. The molecule has 0 bridgehead atoms. The summed E-state index contributed by atoms with van der Waals surface area (Å²) in [5.41, 5.74) is 0. The van der Waals surface area contributed by atoms with Crippen LogP contribution >= 0.6 is 0 Å². The second kappa shape index (κ2) is 21.1. The van der Waals surface area contributed by atoms with Crippen molar-refractivity contribution in [2.75, 3.05) is 0 Å². The molecule has 0 atom stereocenters. The molecule has 0 saturated heterocycles. The Kier molecular flexibility index (Phi) is 213. The molecule has 0 aromatic heterocycles. The third kappa shape index (κ3) is 9.15. The van der Waals surface area contributed by atoms with Crippen LogP contribution in [-0.4, -0.2) is 0 Å². The van der Waals surface area contributed by atoms with Crippen molar-refractivity contribution in [1.29, 1.82) is 0 Å². The first-order valence-electron chi connectivity index (χ1n) is 0. The average Bonchev–Trinajstić information content (AvgIpc) is 0. The fourth-order valence-electron chi connectivity index (χ4n) is 0. The molecule has 0 radical (unpaired) electrons. The number of hydrogen-bond acceptors (Lipinski definition) is 0. The van der Waals surface area contributed by atoms with Crippen molar-refractivity contribution in [3.63, 3.8) is 0 Å². The van der Waals surface area contributed by atoms with Gasteiger partial charge in [0, 0.05) is 0 Å². The van der Waals surface area contributed by atoms with Crippen molar-refractivity contribution in [3.8, 4) is 0 Å². The van der Waals surface area contributed by atoms with Crippen molar-refractivity contribution in [2.45, 2.75) is 0 Å². The molecule has 0 amide bonds. The molecule has 0 saturated carbocycles. The molecule has 0 fully saturated rings. The predicted octanol–water partition coefficient (Wildman–Crippen LogP) is -2.43. The van der Waals surface area contributed by atoms with E-state index in [2.05, 4.69) is 0 Å². The first-order chi connectivity index (χ1) is 0. The fourth-order valence-corrected chi connectivity index (χ4v) is 0. The summed E-state index contributed by atoms with van der Waals surface area (Å²) in [4.78, 5) is 0. The Morgan fingerprint density at radius 1 is 0.750 bits per heavy atom. The molecule has 0 N–H and O–H groups in total. The summed E-state index contributed by atoms with van der Waals surface area (Å²) in [6.45, 7) is 0. The van der Waals surface area contributed by atoms with Crippen LogP contribution in [0.4, 0.5) is 14.1 Å². The molecule has 0 nitrogen and oxygen atoms in total. The molecule has 0 aliphatic heterocycles. The van der Waals surface area contributed by atoms with E-state index in [1.54, 1.807) is 0 Å². The molecule has 0 aromatic rings. The topological polar surface area (TPSA) is 0 Å². The predicted molar refractivity (Wildman–Crippen MR) is 8.62 cm³/mol. The standard InChI is InChI=1S/Cs.3FH.H/h;3*1H;/q+1;;;;-1. The van der Waals surface area contributed by atoms with Crippen LogP contribution in [0.15, 0.2) is 0 Å². The Morgan fingerprint density at radius 3 is 0.750 bits per heavy atom. The van der Waals surface area contributed by atoms with Gasteiger partial charge in [0.2, 0.25) is 0 Å². The molecular formula is H4CsF3. The van der Waals surface area contributed by atoms with Crippen molar-refractivity contribution in [3.05, 3.63) is 0 Å². The largest absolute Gasteiger partial charge is 1.00 e. The summed E-state index contributed by atoms with van der Waals surface area (Å²) in [6.07, 6.45) is 0. The Morgan fingerprint density at radius 2 is 0.750 bits per heavy atom. The van der Waals surface area contributed by atoms with E-state index in [1.165, 1.54) is 0 Å². The van der Waals surface area contributed by atoms with Gasteiger partial charge in [0.1, 0.15) is 0 Å². The molecule has 0 heterocycles. The number of hydrogen-bond donors (Lipinski definition) is 0. The summed E-state index contributed by atoms with van der Waals surface area (Å²) in [5, 5.41) is 0. The van der Waals surface area contributed by atoms with E-state index in [4.69, 9.17) is 0 Å². The summed E-state index contributed by atoms with van der Waals surface area (Å²) in [5.74, 6) is 0. The quantitative estimate of drug-likeness (QED) is 0.402. The fraction of sp³-hybridized carbons (Fsp3) is 0. The summed E-state index contributed by atoms with van der Waals surface area (Å²) >= 11 is 0. The zero-order valence-corrected chi connectivity index (χ0v) is 8.50. The monoisotopic (exact) mass is 194 g/mol. The van der Waals surface area contributed by atoms with Gasteiger partial charge < -0.3 is 1.43 Å². The average molecular weight is 194 g/mol. The van der Waals surface area contributed by atoms with Gasteiger partial charge in [-0.3, -0.25) is 14.1 Å². The van der Waals surface area contributed by atoms with Gasteiger partial charge in [-0.25, -0.2) is 0 Å². The van der Waals surface area contributed by atoms with Crippen LogP contribution in [0.2, 0.25) is 0 Å². The normalized spacial score (nSPS) is 0. The summed E-state index contributed by atoms with van der Waals surface area (Å²) < 4.78 is 0. The second-order valence-corrected chi connectivity index (χ2v) is 0. The Hall–Kier alpha value is 1.84. The number of halogens is 3. The first kappa shape index (κ1) is 40.4. The van der Waals surface area contributed by atoms with Crippen molar-refractivity contribution >= 4 is 0 Å². The Labute approximate surface area is 82.3 Å². The van der Waals surface area contributed by atoms with Crippen LogP contribution in [0.1, 0.15) is 1.43 Å². The van der Waals surface area contributed by atoms with Gasteiger partial charge in [-0.15, -0.1) is 0 Å². The molecule has 0 spiro atoms. The molecule has 26 valence electrons. The second-order valence-electron chi connectivity index (χ2n) is 0. The zero-order chi connectivity index (χ0) is 0. The van der Waals surface area contributed by atoms with E-state index in [1.807, 2.05) is 0 Å². The molecular weight excluding hydrogens is 190 g/mol. The maximum absolute atomic E-state index is 0. The van der Waals surface area contributed by atoms with Gasteiger partial charge in [-0.05, 0) is 0 Å². The van der Waals surface area contributed by atoms with Crippen LogP contribution in [0.5, 0.6) is 0 Å². The van der Waals surface area contributed by atoms with Gasteiger partial charge in [0.25, 0.3) is 0 Å². The maximum atomic E-state index is 0. The molecule has 4 heteroatoms. The first-order valence-corrected chi connectivity index (χ1v) is 0. The van der Waals surface area contributed by atoms with Crippen LogP contribution in [-0.2, 0) is 0 Å². The van der Waals surface area contributed by atoms with E-state index < -0.39 is 0 Å². The van der Waals surface area contributed by atoms with Gasteiger partial charge in [0.15, 0.2) is 0 Å². The van der Waals surface area contributed by atoms with Gasteiger partial charge in [-0.2, -0.15) is 0 Å². The molecule has 0 aromatic carbocycles. The van der Waals surface area contributed by atoms with Crippen molar-refractivity contribution < 1.29 is 84.4 Å². The number of rotatable bonds is 0. The minimum absolute atomic E-state index is 0. The van der Waals surface area contributed by atoms with E-state index >= 15 is 0 Å². The van der Waals surface area contributed by atoms with Gasteiger partial charge in [0.05, 0.1) is 0 Å². The SMILES string of the molecule is F.F.F.[Cs+].[H-]. The van der Waals surface area contributed by atoms with Crippen LogP contribution < -0.4 is 68.9 Å². The Balaban J connectivity index is 0. The molecule has 0 unspecified atom stereocenters. The van der Waals surface area contributed by atoms with Crippen molar-refractivity contribution in [1.82, 2.24) is 0 Å². The van der Waals surface area contributed by atoms with Crippen LogP contribution in [0.3, 0.4) is 0 Å². The zero-order valence-electron chi connectivity index (χ0n) is 3.22. The molecule has 0 aliphatic rings. The van der Waals surface area contributed by atoms with Crippen LogP contribution in [0.25, 0.3) is 0 Å². The third-order valence-electron chi connectivity index (χ3n) is 0. The molecule has 0 rings (SSSR count). The molecule has 4 heavy (non-hydrogen) atoms. The smallest absolute Gasteiger partial charge is 1.00 e. The van der Waals surface area contributed by atoms with Crippen molar-refractivity contribution in [2.24, 2.45) is 0 Å². The van der Waals surface area contributed by atoms with E-state index in [-0.39, 0.29) is 84.4 Å². The van der Waals surface area contributed by atoms with Gasteiger partial charge >= 0.3 is 68.9 Å². The summed E-state index contributed by atoms with van der Waals surface area (Å²) in [7, 11) is 0. The van der Waals surface area contributed by atoms with E-state index in [9.17, 15) is 0 Å². The van der Waals surface area contributed by atoms with Gasteiger partial charge in [-0.1, -0.05) is 0 Å². The maximum Gasteiger partial charge on any atom is 1.00 e. The minimum Gasteiger partial charge on any atom is -1.00 e. The third-order valence-corrected chi connectivity index (χ3v) is 0. The van der Waals surface area contributed by atoms with E-state index in [0.29, 0.717) is 0 Å². The molecule has 0 aliphatic carbocycles. The van der Waals surface area contributed by atoms with Crippen LogP contribution in [0, 0.1) is 0 Å².